The lowest BCUT2D eigenvalue weighted by Gasteiger charge is -2.22. The summed E-state index contributed by atoms with van der Waals surface area (Å²) in [6.07, 6.45) is 2.01. The van der Waals surface area contributed by atoms with E-state index in [2.05, 4.69) is 4.98 Å². The molecule has 3 heterocycles. The lowest BCUT2D eigenvalue weighted by atomic mass is 10.3. The molecule has 2 aliphatic heterocycles. The minimum atomic E-state index is -0.199. The van der Waals surface area contributed by atoms with Crippen LogP contribution in [0, 0.1) is 11.3 Å². The molecule has 1 unspecified atom stereocenters. The second-order valence-corrected chi connectivity index (χ2v) is 7.63. The number of ether oxygens (including phenoxy) is 1. The normalized spacial score (nSPS) is 18.6. The Kier molecular flexibility index (Phi) is 5.72. The highest BCUT2D eigenvalue weighted by Crippen LogP contribution is 2.24. The maximum atomic E-state index is 12.7. The van der Waals surface area contributed by atoms with E-state index in [1.54, 1.807) is 45.0 Å². The van der Waals surface area contributed by atoms with Crippen LogP contribution in [0.2, 0.25) is 5.02 Å². The number of nitriles is 1. The van der Waals surface area contributed by atoms with Crippen LogP contribution in [-0.4, -0.2) is 65.5 Å². The molecule has 2 fully saturated rings. The van der Waals surface area contributed by atoms with Gasteiger partial charge in [-0.3, -0.25) is 9.69 Å². The Morgan fingerprint density at radius 2 is 2.13 bits per heavy atom. The lowest BCUT2D eigenvalue weighted by molar-refractivity contribution is -0.130. The average Bonchev–Trinajstić information content (AvgIpc) is 3.35. The summed E-state index contributed by atoms with van der Waals surface area (Å²) in [4.78, 5) is 34.4. The molecule has 8 nitrogen and oxygen atoms in total. The Morgan fingerprint density at radius 1 is 1.27 bits per heavy atom. The van der Waals surface area contributed by atoms with Crippen LogP contribution < -0.4 is 9.64 Å². The summed E-state index contributed by atoms with van der Waals surface area (Å²) in [5.41, 5.74) is 1.20. The molecule has 0 aliphatic carbocycles. The number of aromatic nitrogens is 1. The molecule has 2 saturated heterocycles. The number of pyridine rings is 1. The lowest BCUT2D eigenvalue weighted by Crippen LogP contribution is -2.42. The smallest absolute Gasteiger partial charge is 0.325 e. The SMILES string of the molecule is N#Cc1ccnc(OC2CCN(C(=O)CN3CCN(c4cccc(Cl)c4)C3=O)C2)c1. The molecule has 2 aromatic rings. The molecular formula is C21H20ClN5O3. The van der Waals surface area contributed by atoms with E-state index in [1.807, 2.05) is 12.1 Å². The minimum absolute atomic E-state index is 0.0325. The minimum Gasteiger partial charge on any atom is -0.472 e. The van der Waals surface area contributed by atoms with Gasteiger partial charge in [0.25, 0.3) is 0 Å². The van der Waals surface area contributed by atoms with Gasteiger partial charge in [-0.15, -0.1) is 0 Å². The first-order valence-electron chi connectivity index (χ1n) is 9.66. The Bertz CT molecular complexity index is 1010. The largest absolute Gasteiger partial charge is 0.472 e. The van der Waals surface area contributed by atoms with Crippen LogP contribution in [0.5, 0.6) is 5.88 Å². The standard InChI is InChI=1S/C21H20ClN5O3/c22-16-2-1-3-17(11-16)27-9-8-26(21(27)29)14-20(28)25-7-5-18(13-25)30-19-10-15(12-23)4-6-24-19/h1-4,6,10-11,18H,5,7-9,13-14H2. The third kappa shape index (κ3) is 4.31. The second-order valence-electron chi connectivity index (χ2n) is 7.20. The fourth-order valence-corrected chi connectivity index (χ4v) is 3.83. The molecule has 0 spiro atoms. The zero-order valence-corrected chi connectivity index (χ0v) is 17.0. The highest BCUT2D eigenvalue weighted by molar-refractivity contribution is 6.30. The Labute approximate surface area is 179 Å². The number of nitrogens with zero attached hydrogens (tertiary/aromatic N) is 5. The Balaban J connectivity index is 1.31. The number of urea groups is 1. The third-order valence-corrected chi connectivity index (χ3v) is 5.43. The summed E-state index contributed by atoms with van der Waals surface area (Å²) >= 11 is 6.02. The molecule has 1 aromatic carbocycles. The van der Waals surface area contributed by atoms with Gasteiger partial charge in [0.2, 0.25) is 11.8 Å². The molecule has 3 amide bonds. The van der Waals surface area contributed by atoms with E-state index in [0.29, 0.717) is 49.1 Å². The monoisotopic (exact) mass is 425 g/mol. The number of amides is 3. The van der Waals surface area contributed by atoms with Gasteiger partial charge in [-0.25, -0.2) is 9.78 Å². The molecule has 154 valence electrons. The summed E-state index contributed by atoms with van der Waals surface area (Å²) in [5, 5.41) is 9.53. The van der Waals surface area contributed by atoms with E-state index in [-0.39, 0.29) is 24.6 Å². The van der Waals surface area contributed by atoms with Crippen LogP contribution in [-0.2, 0) is 4.79 Å². The molecule has 0 N–H and O–H groups in total. The van der Waals surface area contributed by atoms with Gasteiger partial charge in [-0.05, 0) is 24.3 Å². The Morgan fingerprint density at radius 3 is 2.93 bits per heavy atom. The van der Waals surface area contributed by atoms with Gasteiger partial charge in [-0.1, -0.05) is 17.7 Å². The van der Waals surface area contributed by atoms with Gasteiger partial charge < -0.3 is 14.5 Å². The van der Waals surface area contributed by atoms with Crippen molar-refractivity contribution in [1.82, 2.24) is 14.8 Å². The van der Waals surface area contributed by atoms with Crippen molar-refractivity contribution in [3.8, 4) is 11.9 Å². The van der Waals surface area contributed by atoms with E-state index in [1.165, 1.54) is 6.20 Å². The summed E-state index contributed by atoms with van der Waals surface area (Å²) in [6, 6.07) is 12.2. The van der Waals surface area contributed by atoms with Crippen molar-refractivity contribution in [2.75, 3.05) is 37.6 Å². The number of carbonyl (C=O) groups excluding carboxylic acids is 2. The van der Waals surface area contributed by atoms with Crippen LogP contribution in [0.15, 0.2) is 42.6 Å². The average molecular weight is 426 g/mol. The van der Waals surface area contributed by atoms with Crippen molar-refractivity contribution in [2.24, 2.45) is 0 Å². The number of hydrogen-bond acceptors (Lipinski definition) is 5. The van der Waals surface area contributed by atoms with Gasteiger partial charge in [-0.2, -0.15) is 5.26 Å². The number of rotatable bonds is 5. The predicted molar refractivity (Wildman–Crippen MR) is 110 cm³/mol. The Hall–Kier alpha value is -3.31. The number of hydrogen-bond donors (Lipinski definition) is 0. The van der Waals surface area contributed by atoms with Crippen molar-refractivity contribution >= 4 is 29.2 Å². The van der Waals surface area contributed by atoms with E-state index in [4.69, 9.17) is 21.6 Å². The van der Waals surface area contributed by atoms with Gasteiger partial charge in [0.15, 0.2) is 0 Å². The fourth-order valence-electron chi connectivity index (χ4n) is 3.64. The van der Waals surface area contributed by atoms with Crippen molar-refractivity contribution in [2.45, 2.75) is 12.5 Å². The summed E-state index contributed by atoms with van der Waals surface area (Å²) in [7, 11) is 0. The molecular weight excluding hydrogens is 406 g/mol. The molecule has 0 bridgehead atoms. The number of anilines is 1. The first-order valence-corrected chi connectivity index (χ1v) is 10.0. The quantitative estimate of drug-likeness (QED) is 0.734. The molecule has 4 rings (SSSR count). The molecule has 30 heavy (non-hydrogen) atoms. The van der Waals surface area contributed by atoms with Crippen molar-refractivity contribution in [3.63, 3.8) is 0 Å². The van der Waals surface area contributed by atoms with Crippen LogP contribution in [0.4, 0.5) is 10.5 Å². The van der Waals surface area contributed by atoms with Gasteiger partial charge in [0.05, 0.1) is 18.2 Å². The van der Waals surface area contributed by atoms with Crippen LogP contribution >= 0.6 is 11.6 Å². The van der Waals surface area contributed by atoms with Crippen molar-refractivity contribution in [3.05, 3.63) is 53.2 Å². The maximum absolute atomic E-state index is 12.7. The van der Waals surface area contributed by atoms with Crippen LogP contribution in [0.1, 0.15) is 12.0 Å². The summed E-state index contributed by atoms with van der Waals surface area (Å²) < 4.78 is 5.82. The van der Waals surface area contributed by atoms with Crippen molar-refractivity contribution in [1.29, 1.82) is 5.26 Å². The summed E-state index contributed by atoms with van der Waals surface area (Å²) in [6.45, 7) is 2.01. The van der Waals surface area contributed by atoms with E-state index in [0.717, 1.165) is 5.69 Å². The first-order chi connectivity index (χ1) is 14.5. The highest BCUT2D eigenvalue weighted by Gasteiger charge is 2.34. The highest BCUT2D eigenvalue weighted by atomic mass is 35.5. The van der Waals surface area contributed by atoms with E-state index >= 15 is 0 Å². The third-order valence-electron chi connectivity index (χ3n) is 5.19. The number of carbonyl (C=O) groups is 2. The summed E-state index contributed by atoms with van der Waals surface area (Å²) in [5.74, 6) is 0.265. The predicted octanol–water partition coefficient (Wildman–Crippen LogP) is 2.53. The first kappa shape index (κ1) is 20.0. The van der Waals surface area contributed by atoms with Crippen LogP contribution in [0.3, 0.4) is 0 Å². The molecule has 2 aliphatic rings. The van der Waals surface area contributed by atoms with Crippen molar-refractivity contribution < 1.29 is 14.3 Å². The van der Waals surface area contributed by atoms with E-state index < -0.39 is 0 Å². The van der Waals surface area contributed by atoms with Crippen LogP contribution in [0.25, 0.3) is 0 Å². The number of likely N-dealkylation sites (tertiary alicyclic amines) is 1. The number of benzene rings is 1. The van der Waals surface area contributed by atoms with Gasteiger partial charge in [0.1, 0.15) is 12.6 Å². The molecule has 0 radical (unpaired) electrons. The second kappa shape index (κ2) is 8.59. The molecule has 9 heteroatoms. The zero-order chi connectivity index (χ0) is 21.1. The zero-order valence-electron chi connectivity index (χ0n) is 16.2. The molecule has 1 aromatic heterocycles. The number of halogens is 1. The van der Waals surface area contributed by atoms with Gasteiger partial charge in [0, 0.05) is 49.0 Å². The maximum Gasteiger partial charge on any atom is 0.325 e. The van der Waals surface area contributed by atoms with E-state index in [9.17, 15) is 9.59 Å². The molecule has 0 saturated carbocycles. The van der Waals surface area contributed by atoms with Gasteiger partial charge >= 0.3 is 6.03 Å². The topological polar surface area (TPSA) is 89.8 Å². The molecule has 1 atom stereocenters. The fraction of sp³-hybridized carbons (Fsp3) is 0.333.